The minimum atomic E-state index is -0.415. The molecule has 8 nitrogen and oxygen atoms in total. The van der Waals surface area contributed by atoms with Gasteiger partial charge >= 0.3 is 6.09 Å². The number of benzene rings is 1. The van der Waals surface area contributed by atoms with Crippen molar-refractivity contribution in [2.45, 2.75) is 52.8 Å². The molecule has 2 heterocycles. The number of carbonyl (C=O) groups is 1. The Morgan fingerprint density at radius 3 is 2.72 bits per heavy atom. The number of ether oxygens (including phenoxy) is 2. The van der Waals surface area contributed by atoms with Gasteiger partial charge in [0.1, 0.15) is 17.9 Å². The van der Waals surface area contributed by atoms with Gasteiger partial charge in [-0.1, -0.05) is 18.2 Å². The summed E-state index contributed by atoms with van der Waals surface area (Å²) in [7, 11) is 0. The summed E-state index contributed by atoms with van der Waals surface area (Å²) in [5.74, 6) is 1.18. The summed E-state index contributed by atoms with van der Waals surface area (Å²) < 4.78 is 13.0. The fraction of sp³-hybridized carbons (Fsp3) is 0.476. The molecule has 3 rings (SSSR count). The predicted molar refractivity (Wildman–Crippen MR) is 114 cm³/mol. The molecule has 3 aromatic rings. The van der Waals surface area contributed by atoms with E-state index in [-0.39, 0.29) is 5.54 Å². The molecule has 0 unspecified atom stereocenters. The minimum Gasteiger partial charge on any atom is -0.449 e. The quantitative estimate of drug-likeness (QED) is 0.588. The molecule has 0 aliphatic heterocycles. The molecule has 0 fully saturated rings. The van der Waals surface area contributed by atoms with Crippen LogP contribution in [0.15, 0.2) is 24.3 Å². The summed E-state index contributed by atoms with van der Waals surface area (Å²) in [6.07, 6.45) is 0.222. The van der Waals surface area contributed by atoms with Crippen molar-refractivity contribution in [1.82, 2.24) is 19.9 Å². The lowest BCUT2D eigenvalue weighted by Gasteiger charge is -2.20. The standard InChI is InChI=1S/C21H29N5O3/c1-5-28-13-16-24-17-18(14-9-6-7-10-15(14)23-19(17)22)26(16)11-8-12-29-20(27)25-21(2,3)4/h6-7,9-10H,5,8,11-13H2,1-4H3,(H2,22,23)(H,25,27). The number of anilines is 1. The van der Waals surface area contributed by atoms with E-state index in [0.29, 0.717) is 44.1 Å². The predicted octanol–water partition coefficient (Wildman–Crippen LogP) is 3.62. The number of hydrogen-bond acceptors (Lipinski definition) is 6. The first-order valence-electron chi connectivity index (χ1n) is 9.86. The Kier molecular flexibility index (Phi) is 6.22. The van der Waals surface area contributed by atoms with E-state index in [1.807, 2.05) is 52.0 Å². The SMILES string of the molecule is CCOCc1nc2c(N)nc3ccccc3c2n1CCCOC(=O)NC(C)(C)C. The van der Waals surface area contributed by atoms with Crippen LogP contribution in [-0.4, -0.2) is 39.4 Å². The van der Waals surface area contributed by atoms with E-state index in [4.69, 9.17) is 20.2 Å². The normalized spacial score (nSPS) is 11.9. The van der Waals surface area contributed by atoms with Crippen molar-refractivity contribution in [2.75, 3.05) is 18.9 Å². The number of aryl methyl sites for hydroxylation is 1. The Balaban J connectivity index is 1.85. The van der Waals surface area contributed by atoms with Gasteiger partial charge in [0.15, 0.2) is 5.82 Å². The molecule has 0 saturated carbocycles. The highest BCUT2D eigenvalue weighted by atomic mass is 16.5. The zero-order valence-corrected chi connectivity index (χ0v) is 17.5. The zero-order chi connectivity index (χ0) is 21.0. The Bertz CT molecular complexity index is 1010. The summed E-state index contributed by atoms with van der Waals surface area (Å²) in [6, 6.07) is 7.86. The van der Waals surface area contributed by atoms with Gasteiger partial charge in [-0.3, -0.25) is 0 Å². The van der Waals surface area contributed by atoms with E-state index in [1.165, 1.54) is 0 Å². The third-order valence-corrected chi connectivity index (χ3v) is 4.36. The van der Waals surface area contributed by atoms with Crippen molar-refractivity contribution in [2.24, 2.45) is 0 Å². The van der Waals surface area contributed by atoms with Crippen LogP contribution in [0.3, 0.4) is 0 Å². The first kappa shape index (κ1) is 20.9. The van der Waals surface area contributed by atoms with Gasteiger partial charge in [-0.2, -0.15) is 0 Å². The number of para-hydroxylation sites is 1. The van der Waals surface area contributed by atoms with Gasteiger partial charge in [0, 0.05) is 24.1 Å². The molecule has 0 aliphatic rings. The highest BCUT2D eigenvalue weighted by molar-refractivity contribution is 6.06. The van der Waals surface area contributed by atoms with Gasteiger partial charge in [0.25, 0.3) is 0 Å². The second kappa shape index (κ2) is 8.65. The molecule has 1 amide bonds. The molecular formula is C21H29N5O3. The maximum Gasteiger partial charge on any atom is 0.407 e. The number of amides is 1. The maximum atomic E-state index is 11.9. The number of nitrogens with two attached hydrogens (primary N) is 1. The summed E-state index contributed by atoms with van der Waals surface area (Å²) in [5, 5.41) is 3.77. The number of rotatable bonds is 7. The van der Waals surface area contributed by atoms with Gasteiger partial charge in [0.2, 0.25) is 0 Å². The second-order valence-electron chi connectivity index (χ2n) is 7.89. The topological polar surface area (TPSA) is 104 Å². The highest BCUT2D eigenvalue weighted by Crippen LogP contribution is 2.29. The number of imidazole rings is 1. The number of alkyl carbamates (subject to hydrolysis) is 1. The number of pyridine rings is 1. The molecule has 2 aromatic heterocycles. The molecular weight excluding hydrogens is 370 g/mol. The van der Waals surface area contributed by atoms with Gasteiger partial charge in [-0.15, -0.1) is 0 Å². The second-order valence-corrected chi connectivity index (χ2v) is 7.89. The van der Waals surface area contributed by atoms with Gasteiger partial charge < -0.3 is 25.1 Å². The van der Waals surface area contributed by atoms with Crippen LogP contribution < -0.4 is 11.1 Å². The molecule has 0 spiro atoms. The largest absolute Gasteiger partial charge is 0.449 e. The molecule has 0 radical (unpaired) electrons. The van der Waals surface area contributed by atoms with Crippen molar-refractivity contribution in [3.63, 3.8) is 0 Å². The third-order valence-electron chi connectivity index (χ3n) is 4.36. The van der Waals surface area contributed by atoms with E-state index in [2.05, 4.69) is 14.9 Å². The summed E-state index contributed by atoms with van der Waals surface area (Å²) >= 11 is 0. The van der Waals surface area contributed by atoms with Crippen molar-refractivity contribution in [1.29, 1.82) is 0 Å². The third kappa shape index (κ3) is 4.95. The molecule has 0 bridgehead atoms. The lowest BCUT2D eigenvalue weighted by atomic mass is 10.1. The molecule has 0 atom stereocenters. The molecule has 8 heteroatoms. The first-order valence-corrected chi connectivity index (χ1v) is 9.86. The number of nitrogens with one attached hydrogen (secondary N) is 1. The highest BCUT2D eigenvalue weighted by Gasteiger charge is 2.18. The van der Waals surface area contributed by atoms with Crippen LogP contribution in [0.2, 0.25) is 0 Å². The first-order chi connectivity index (χ1) is 13.8. The van der Waals surface area contributed by atoms with E-state index < -0.39 is 6.09 Å². The average molecular weight is 399 g/mol. The molecule has 1 aromatic carbocycles. The monoisotopic (exact) mass is 399 g/mol. The number of carbonyl (C=O) groups excluding carboxylic acids is 1. The molecule has 0 saturated heterocycles. The number of fused-ring (bicyclic) bond motifs is 3. The fourth-order valence-electron chi connectivity index (χ4n) is 3.18. The number of nitrogens with zero attached hydrogens (tertiary/aromatic N) is 3. The van der Waals surface area contributed by atoms with Crippen molar-refractivity contribution >= 4 is 33.8 Å². The van der Waals surface area contributed by atoms with E-state index in [1.54, 1.807) is 0 Å². The Hall–Kier alpha value is -2.87. The summed E-state index contributed by atoms with van der Waals surface area (Å²) in [5.41, 5.74) is 8.28. The fourth-order valence-corrected chi connectivity index (χ4v) is 3.18. The van der Waals surface area contributed by atoms with Crippen LogP contribution in [-0.2, 0) is 22.6 Å². The van der Waals surface area contributed by atoms with Gasteiger partial charge in [-0.05, 0) is 40.2 Å². The van der Waals surface area contributed by atoms with E-state index in [9.17, 15) is 4.79 Å². The average Bonchev–Trinajstić information content (AvgIpc) is 3.01. The summed E-state index contributed by atoms with van der Waals surface area (Å²) in [6.45, 7) is 9.57. The van der Waals surface area contributed by atoms with Crippen molar-refractivity contribution in [3.05, 3.63) is 30.1 Å². The van der Waals surface area contributed by atoms with Crippen LogP contribution in [0.25, 0.3) is 21.9 Å². The smallest absolute Gasteiger partial charge is 0.407 e. The molecule has 156 valence electrons. The zero-order valence-electron chi connectivity index (χ0n) is 17.5. The van der Waals surface area contributed by atoms with Crippen LogP contribution in [0.4, 0.5) is 10.6 Å². The minimum absolute atomic E-state index is 0.300. The van der Waals surface area contributed by atoms with Crippen LogP contribution in [0.1, 0.15) is 39.9 Å². The summed E-state index contributed by atoms with van der Waals surface area (Å²) in [4.78, 5) is 21.0. The number of nitrogen functional groups attached to an aromatic ring is 1. The van der Waals surface area contributed by atoms with Crippen molar-refractivity contribution in [3.8, 4) is 0 Å². The Morgan fingerprint density at radius 2 is 2.00 bits per heavy atom. The van der Waals surface area contributed by atoms with Crippen LogP contribution in [0.5, 0.6) is 0 Å². The van der Waals surface area contributed by atoms with Crippen LogP contribution in [0, 0.1) is 0 Å². The lowest BCUT2D eigenvalue weighted by Crippen LogP contribution is -2.41. The van der Waals surface area contributed by atoms with Gasteiger partial charge in [-0.25, -0.2) is 14.8 Å². The molecule has 29 heavy (non-hydrogen) atoms. The van der Waals surface area contributed by atoms with Crippen molar-refractivity contribution < 1.29 is 14.3 Å². The molecule has 3 N–H and O–H groups in total. The lowest BCUT2D eigenvalue weighted by molar-refractivity contribution is 0.123. The molecule has 0 aliphatic carbocycles. The van der Waals surface area contributed by atoms with Gasteiger partial charge in [0.05, 0.1) is 17.6 Å². The maximum absolute atomic E-state index is 11.9. The number of hydrogen-bond donors (Lipinski definition) is 2. The Morgan fingerprint density at radius 1 is 1.24 bits per heavy atom. The number of aromatic nitrogens is 3. The van der Waals surface area contributed by atoms with E-state index >= 15 is 0 Å². The van der Waals surface area contributed by atoms with E-state index in [0.717, 1.165) is 22.2 Å². The van der Waals surface area contributed by atoms with Crippen LogP contribution >= 0.6 is 0 Å². The Labute approximate surface area is 170 Å².